The molecule has 0 fully saturated rings. The van der Waals surface area contributed by atoms with Crippen molar-refractivity contribution in [2.75, 3.05) is 30.3 Å². The fourth-order valence-electron chi connectivity index (χ4n) is 3.29. The number of carbonyl (C=O) groups is 2. The average Bonchev–Trinajstić information content (AvgIpc) is 2.70. The highest BCUT2D eigenvalue weighted by molar-refractivity contribution is 6.03. The van der Waals surface area contributed by atoms with Gasteiger partial charge < -0.3 is 15.4 Å². The Morgan fingerprint density at radius 1 is 1.14 bits per heavy atom. The van der Waals surface area contributed by atoms with Crippen molar-refractivity contribution in [1.82, 2.24) is 9.88 Å². The summed E-state index contributed by atoms with van der Waals surface area (Å²) in [5.41, 5.74) is 6.55. The van der Waals surface area contributed by atoms with E-state index in [1.54, 1.807) is 17.0 Å². The van der Waals surface area contributed by atoms with Crippen LogP contribution in [0, 0.1) is 0 Å². The molecule has 2 N–H and O–H groups in total. The van der Waals surface area contributed by atoms with Gasteiger partial charge in [-0.3, -0.25) is 14.5 Å². The number of nitrogens with two attached hydrogens (primary N) is 1. The van der Waals surface area contributed by atoms with Gasteiger partial charge in [0.1, 0.15) is 12.4 Å². The minimum absolute atomic E-state index is 0.0883. The lowest BCUT2D eigenvalue weighted by Crippen LogP contribution is -2.48. The standard InChI is InChI=1S/C21H26N4O3/c1-3-12-24(13-4-2)18(26)14-25-20-16(10-11-17(22)23-20)28-19(21(25)27)15-8-6-5-7-9-15/h5-11,19H,3-4,12-14H2,1-2H3,(H2,22,23). The molecule has 1 aromatic heterocycles. The van der Waals surface area contributed by atoms with Gasteiger partial charge in [-0.15, -0.1) is 0 Å². The van der Waals surface area contributed by atoms with E-state index in [4.69, 9.17) is 10.5 Å². The molecule has 7 heteroatoms. The third-order valence-corrected chi connectivity index (χ3v) is 4.59. The zero-order chi connectivity index (χ0) is 20.1. The van der Waals surface area contributed by atoms with Crippen molar-refractivity contribution in [3.05, 3.63) is 48.0 Å². The molecule has 1 aliphatic heterocycles. The molecule has 2 aromatic rings. The van der Waals surface area contributed by atoms with Gasteiger partial charge in [0.2, 0.25) is 12.0 Å². The summed E-state index contributed by atoms with van der Waals surface area (Å²) in [5, 5.41) is 0. The zero-order valence-electron chi connectivity index (χ0n) is 16.3. The first kappa shape index (κ1) is 19.7. The van der Waals surface area contributed by atoms with E-state index in [0.717, 1.165) is 18.4 Å². The van der Waals surface area contributed by atoms with Gasteiger partial charge in [0, 0.05) is 18.7 Å². The second-order valence-electron chi connectivity index (χ2n) is 6.77. The van der Waals surface area contributed by atoms with Crippen molar-refractivity contribution in [3.8, 4) is 5.75 Å². The Morgan fingerprint density at radius 2 is 1.82 bits per heavy atom. The average molecular weight is 382 g/mol. The fraction of sp³-hybridized carbons (Fsp3) is 0.381. The largest absolute Gasteiger partial charge is 0.472 e. The van der Waals surface area contributed by atoms with Crippen LogP contribution in [0.1, 0.15) is 38.4 Å². The van der Waals surface area contributed by atoms with Crippen LogP contribution < -0.4 is 15.4 Å². The minimum Gasteiger partial charge on any atom is -0.472 e. The number of aromatic nitrogens is 1. The monoisotopic (exact) mass is 382 g/mol. The van der Waals surface area contributed by atoms with Crippen LogP contribution in [-0.4, -0.2) is 41.3 Å². The maximum Gasteiger partial charge on any atom is 0.274 e. The Bertz CT molecular complexity index is 835. The summed E-state index contributed by atoms with van der Waals surface area (Å²) in [6.07, 6.45) is 0.895. The molecule has 0 aliphatic carbocycles. The third kappa shape index (κ3) is 4.08. The predicted octanol–water partition coefficient (Wildman–Crippen LogP) is 2.78. The first-order chi connectivity index (χ1) is 13.5. The van der Waals surface area contributed by atoms with Crippen LogP contribution in [0.2, 0.25) is 0 Å². The van der Waals surface area contributed by atoms with E-state index in [9.17, 15) is 9.59 Å². The van der Waals surface area contributed by atoms with Gasteiger partial charge in [0.15, 0.2) is 11.6 Å². The number of nitrogens with zero attached hydrogens (tertiary/aromatic N) is 3. The van der Waals surface area contributed by atoms with Gasteiger partial charge in [-0.05, 0) is 25.0 Å². The molecule has 7 nitrogen and oxygen atoms in total. The van der Waals surface area contributed by atoms with E-state index in [1.807, 2.05) is 44.2 Å². The molecule has 2 amide bonds. The second-order valence-corrected chi connectivity index (χ2v) is 6.77. The number of benzene rings is 1. The van der Waals surface area contributed by atoms with Crippen molar-refractivity contribution in [2.45, 2.75) is 32.8 Å². The first-order valence-corrected chi connectivity index (χ1v) is 9.62. The molecule has 0 bridgehead atoms. The molecule has 1 unspecified atom stereocenters. The number of rotatable bonds is 7. The number of hydrogen-bond donors (Lipinski definition) is 1. The summed E-state index contributed by atoms with van der Waals surface area (Å²) in [5.74, 6) is 0.565. The van der Waals surface area contributed by atoms with Crippen LogP contribution >= 0.6 is 0 Å². The Kier molecular flexibility index (Phi) is 6.13. The number of hydrogen-bond acceptors (Lipinski definition) is 5. The van der Waals surface area contributed by atoms with Gasteiger partial charge in [0.25, 0.3) is 5.91 Å². The number of ether oxygens (including phenoxy) is 1. The van der Waals surface area contributed by atoms with E-state index >= 15 is 0 Å². The Morgan fingerprint density at radius 3 is 2.46 bits per heavy atom. The zero-order valence-corrected chi connectivity index (χ0v) is 16.3. The molecular weight excluding hydrogens is 356 g/mol. The van der Waals surface area contributed by atoms with Crippen molar-refractivity contribution in [1.29, 1.82) is 0 Å². The van der Waals surface area contributed by atoms with Crippen LogP contribution in [0.4, 0.5) is 11.6 Å². The molecule has 1 aliphatic rings. The fourth-order valence-corrected chi connectivity index (χ4v) is 3.29. The summed E-state index contributed by atoms with van der Waals surface area (Å²) >= 11 is 0. The van der Waals surface area contributed by atoms with E-state index in [1.165, 1.54) is 4.90 Å². The summed E-state index contributed by atoms with van der Waals surface area (Å²) in [6.45, 7) is 5.28. The normalized spacial score (nSPS) is 15.7. The molecular formula is C21H26N4O3. The topological polar surface area (TPSA) is 88.8 Å². The Labute approximate surface area is 165 Å². The number of nitrogen functional groups attached to an aromatic ring is 1. The first-order valence-electron chi connectivity index (χ1n) is 9.62. The maximum atomic E-state index is 13.2. The number of fused-ring (bicyclic) bond motifs is 1. The lowest BCUT2D eigenvalue weighted by molar-refractivity contribution is -0.133. The SMILES string of the molecule is CCCN(CCC)C(=O)CN1C(=O)C(c2ccccc2)Oc2ccc(N)nc21. The van der Waals surface area contributed by atoms with Gasteiger partial charge in [-0.25, -0.2) is 4.98 Å². The molecule has 148 valence electrons. The quantitative estimate of drug-likeness (QED) is 0.795. The molecule has 2 heterocycles. The van der Waals surface area contributed by atoms with E-state index in [2.05, 4.69) is 4.98 Å². The second kappa shape index (κ2) is 8.73. The highest BCUT2D eigenvalue weighted by Gasteiger charge is 2.38. The Hall–Kier alpha value is -3.09. The van der Waals surface area contributed by atoms with Gasteiger partial charge in [-0.2, -0.15) is 0 Å². The lowest BCUT2D eigenvalue weighted by Gasteiger charge is -2.34. The van der Waals surface area contributed by atoms with Gasteiger partial charge in [0.05, 0.1) is 0 Å². The summed E-state index contributed by atoms with van der Waals surface area (Å²) in [7, 11) is 0. The number of amides is 2. The summed E-state index contributed by atoms with van der Waals surface area (Å²) < 4.78 is 5.92. The van der Waals surface area contributed by atoms with Crippen LogP contribution in [0.3, 0.4) is 0 Å². The summed E-state index contributed by atoms with van der Waals surface area (Å²) in [6, 6.07) is 12.6. The number of anilines is 2. The van der Waals surface area contributed by atoms with E-state index in [0.29, 0.717) is 24.7 Å². The predicted molar refractivity (Wildman–Crippen MR) is 108 cm³/mol. The smallest absolute Gasteiger partial charge is 0.274 e. The van der Waals surface area contributed by atoms with Crippen molar-refractivity contribution >= 4 is 23.5 Å². The van der Waals surface area contributed by atoms with Crippen molar-refractivity contribution in [2.24, 2.45) is 0 Å². The highest BCUT2D eigenvalue weighted by atomic mass is 16.5. The Balaban J connectivity index is 1.94. The summed E-state index contributed by atoms with van der Waals surface area (Å²) in [4.78, 5) is 33.6. The molecule has 3 rings (SSSR count). The highest BCUT2D eigenvalue weighted by Crippen LogP contribution is 2.38. The molecule has 0 spiro atoms. The number of pyridine rings is 1. The minimum atomic E-state index is -0.822. The number of carbonyl (C=O) groups excluding carboxylic acids is 2. The van der Waals surface area contributed by atoms with Crippen LogP contribution in [0.25, 0.3) is 0 Å². The van der Waals surface area contributed by atoms with Gasteiger partial charge in [-0.1, -0.05) is 44.2 Å². The van der Waals surface area contributed by atoms with Crippen LogP contribution in [0.15, 0.2) is 42.5 Å². The third-order valence-electron chi connectivity index (χ3n) is 4.59. The molecule has 0 saturated heterocycles. The maximum absolute atomic E-state index is 13.2. The van der Waals surface area contributed by atoms with Crippen LogP contribution in [0.5, 0.6) is 5.75 Å². The molecule has 0 saturated carbocycles. The molecule has 0 radical (unpaired) electrons. The van der Waals surface area contributed by atoms with Crippen molar-refractivity contribution in [3.63, 3.8) is 0 Å². The van der Waals surface area contributed by atoms with E-state index in [-0.39, 0.29) is 24.2 Å². The van der Waals surface area contributed by atoms with Gasteiger partial charge >= 0.3 is 0 Å². The molecule has 1 atom stereocenters. The lowest BCUT2D eigenvalue weighted by atomic mass is 10.1. The van der Waals surface area contributed by atoms with Crippen LogP contribution in [-0.2, 0) is 9.59 Å². The van der Waals surface area contributed by atoms with Crippen molar-refractivity contribution < 1.29 is 14.3 Å². The molecule has 1 aromatic carbocycles. The molecule has 28 heavy (non-hydrogen) atoms. The van der Waals surface area contributed by atoms with E-state index < -0.39 is 6.10 Å².